The van der Waals surface area contributed by atoms with Crippen LogP contribution in [-0.4, -0.2) is 24.1 Å². The summed E-state index contributed by atoms with van der Waals surface area (Å²) in [5, 5.41) is 2.09. The van der Waals surface area contributed by atoms with E-state index in [0.29, 0.717) is 52.2 Å². The molecule has 10 aromatic carbocycles. The van der Waals surface area contributed by atoms with Crippen molar-refractivity contribution in [1.82, 2.24) is 24.1 Å². The molecule has 3 heterocycles. The first kappa shape index (κ1) is 53.3. The third-order valence-electron chi connectivity index (χ3n) is 14.9. The minimum atomic E-state index is -5.29. The van der Waals surface area contributed by atoms with Gasteiger partial charge in [0.1, 0.15) is 0 Å². The average molecular weight is 1140 g/mol. The highest BCUT2D eigenvalue weighted by Crippen LogP contribution is 2.48. The first-order valence-corrected chi connectivity index (χ1v) is 25.9. The van der Waals surface area contributed by atoms with E-state index in [0.717, 1.165) is 33.1 Å². The number of hydrogen-bond acceptors (Lipinski definition) is 3. The van der Waals surface area contributed by atoms with Crippen molar-refractivity contribution >= 4 is 43.6 Å². The van der Waals surface area contributed by atoms with E-state index in [4.69, 9.17) is 15.0 Å². The van der Waals surface area contributed by atoms with Gasteiger partial charge in [0.05, 0.1) is 50.0 Å². The Morgan fingerprint density at radius 1 is 0.274 bits per heavy atom. The average Bonchev–Trinajstić information content (AvgIpc) is 1.68. The van der Waals surface area contributed by atoms with Crippen molar-refractivity contribution in [2.75, 3.05) is 0 Å². The minimum Gasteiger partial charge on any atom is -0.309 e. The van der Waals surface area contributed by atoms with Crippen molar-refractivity contribution < 1.29 is 52.7 Å². The van der Waals surface area contributed by atoms with Crippen LogP contribution in [0.15, 0.2) is 224 Å². The zero-order chi connectivity index (χ0) is 58.5. The molecule has 0 saturated carbocycles. The first-order chi connectivity index (χ1) is 40.2. The van der Waals surface area contributed by atoms with E-state index in [2.05, 4.69) is 4.57 Å². The van der Waals surface area contributed by atoms with Crippen LogP contribution in [0.4, 0.5) is 52.7 Å². The Hall–Kier alpha value is -10.0. The fraction of sp³-hybridized carbons (Fsp3) is 0.0597. The number of alkyl halides is 12. The summed E-state index contributed by atoms with van der Waals surface area (Å²) in [6.07, 6.45) is -20.9. The maximum absolute atomic E-state index is 14.9. The zero-order valence-corrected chi connectivity index (χ0v) is 43.1. The van der Waals surface area contributed by atoms with Gasteiger partial charge in [0, 0.05) is 43.9 Å². The van der Waals surface area contributed by atoms with Crippen LogP contribution in [-0.2, 0) is 24.7 Å². The molecule has 0 aliphatic rings. The molecule has 3 aromatic heterocycles. The van der Waals surface area contributed by atoms with Gasteiger partial charge in [-0.15, -0.1) is 0 Å². The van der Waals surface area contributed by atoms with Gasteiger partial charge >= 0.3 is 24.7 Å². The van der Waals surface area contributed by atoms with Crippen molar-refractivity contribution in [3.8, 4) is 78.9 Å². The van der Waals surface area contributed by atoms with Gasteiger partial charge in [0.2, 0.25) is 0 Å². The largest absolute Gasteiger partial charge is 0.417 e. The Balaban J connectivity index is 1.13. The van der Waals surface area contributed by atoms with E-state index in [1.54, 1.807) is 10.6 Å². The van der Waals surface area contributed by atoms with E-state index in [1.807, 2.05) is 146 Å². The topological polar surface area (TPSA) is 48.5 Å². The summed E-state index contributed by atoms with van der Waals surface area (Å²) in [6, 6.07) is 58.2. The highest BCUT2D eigenvalue weighted by molar-refractivity contribution is 6.16. The second-order valence-electron chi connectivity index (χ2n) is 20.0. The van der Waals surface area contributed by atoms with Gasteiger partial charge in [-0.2, -0.15) is 52.7 Å². The molecular formula is C67H37F12N5. The third kappa shape index (κ3) is 9.44. The van der Waals surface area contributed by atoms with E-state index >= 15 is 0 Å². The Kier molecular flexibility index (Phi) is 12.6. The quantitative estimate of drug-likeness (QED) is 0.142. The SMILES string of the molecule is FC(F)(F)c1ccc(-c2ccc3c(c2)c2cc(-c4ccc(C(F)(F)F)cc4C(F)(F)F)ccc2n3-c2ccc(-c3cccc4c3c3ccccc3n4-c3ccccc3)cc2-c2nc(-c3ccccc3)nc(-c3ccccc3)n2)c(C(F)(F)F)c1. The van der Waals surface area contributed by atoms with E-state index in [-0.39, 0.29) is 62.5 Å². The summed E-state index contributed by atoms with van der Waals surface area (Å²) in [7, 11) is 0. The van der Waals surface area contributed by atoms with Gasteiger partial charge in [-0.1, -0.05) is 140 Å². The lowest BCUT2D eigenvalue weighted by Gasteiger charge is -2.18. The molecule has 0 unspecified atom stereocenters. The number of nitrogens with zero attached hydrogens (tertiary/aromatic N) is 5. The van der Waals surface area contributed by atoms with Crippen molar-refractivity contribution in [3.63, 3.8) is 0 Å². The maximum atomic E-state index is 14.9. The van der Waals surface area contributed by atoms with Crippen LogP contribution in [0.3, 0.4) is 0 Å². The lowest BCUT2D eigenvalue weighted by Crippen LogP contribution is -2.12. The number of aromatic nitrogens is 5. The highest BCUT2D eigenvalue weighted by atomic mass is 19.4. The Morgan fingerprint density at radius 3 is 1.23 bits per heavy atom. The normalized spacial score (nSPS) is 12.5. The molecule has 5 nitrogen and oxygen atoms in total. The number of benzene rings is 10. The highest BCUT2D eigenvalue weighted by Gasteiger charge is 2.40. The van der Waals surface area contributed by atoms with Crippen molar-refractivity contribution in [3.05, 3.63) is 247 Å². The third-order valence-corrected chi connectivity index (χ3v) is 14.9. The monoisotopic (exact) mass is 1140 g/mol. The van der Waals surface area contributed by atoms with Crippen LogP contribution in [0, 0.1) is 0 Å². The molecule has 17 heteroatoms. The lowest BCUT2D eigenvalue weighted by molar-refractivity contribution is -0.144. The van der Waals surface area contributed by atoms with Gasteiger partial charge in [-0.3, -0.25) is 0 Å². The van der Waals surface area contributed by atoms with Gasteiger partial charge in [0.15, 0.2) is 17.5 Å². The zero-order valence-electron chi connectivity index (χ0n) is 43.1. The summed E-state index contributed by atoms with van der Waals surface area (Å²) < 4.78 is 177. The number of fused-ring (bicyclic) bond motifs is 6. The Labute approximate surface area is 469 Å². The smallest absolute Gasteiger partial charge is 0.309 e. The molecule has 13 rings (SSSR count). The van der Waals surface area contributed by atoms with Crippen LogP contribution in [0.2, 0.25) is 0 Å². The first-order valence-electron chi connectivity index (χ1n) is 25.9. The molecule has 13 aromatic rings. The van der Waals surface area contributed by atoms with E-state index in [9.17, 15) is 52.7 Å². The van der Waals surface area contributed by atoms with Crippen LogP contribution < -0.4 is 0 Å². The second kappa shape index (κ2) is 19.9. The van der Waals surface area contributed by atoms with Crippen LogP contribution in [0.1, 0.15) is 22.3 Å². The van der Waals surface area contributed by atoms with Crippen molar-refractivity contribution in [2.24, 2.45) is 0 Å². The Morgan fingerprint density at radius 2 is 0.714 bits per heavy atom. The Bertz CT molecular complexity index is 4520. The van der Waals surface area contributed by atoms with Gasteiger partial charge in [-0.25, -0.2) is 15.0 Å². The number of halogens is 12. The van der Waals surface area contributed by atoms with E-state index in [1.165, 1.54) is 36.4 Å². The molecule has 0 aliphatic carbocycles. The molecule has 0 atom stereocenters. The molecule has 0 radical (unpaired) electrons. The van der Waals surface area contributed by atoms with Crippen LogP contribution >= 0.6 is 0 Å². The predicted molar refractivity (Wildman–Crippen MR) is 301 cm³/mol. The van der Waals surface area contributed by atoms with Gasteiger partial charge in [0.25, 0.3) is 0 Å². The lowest BCUT2D eigenvalue weighted by atomic mass is 9.94. The number of hydrogen-bond donors (Lipinski definition) is 0. The van der Waals surface area contributed by atoms with Crippen LogP contribution in [0.25, 0.3) is 123 Å². The molecule has 0 fully saturated rings. The molecule has 0 aliphatic heterocycles. The van der Waals surface area contributed by atoms with Gasteiger partial charge in [-0.05, 0) is 118 Å². The van der Waals surface area contributed by atoms with Crippen molar-refractivity contribution in [2.45, 2.75) is 24.7 Å². The van der Waals surface area contributed by atoms with Crippen molar-refractivity contribution in [1.29, 1.82) is 0 Å². The molecule has 84 heavy (non-hydrogen) atoms. The standard InChI is InChI=1S/C67H37F12N5/c68-64(69,70)43-26-28-46(53(36-43)66(74,75)76)40-23-30-56-50(33-40)51-34-41(47-29-27-44(65(71,72)73)37-54(47)67(77,78)79)24-31-57(51)84(56)58-32-25-42(48-20-12-22-59-60(48)49-19-10-11-21-55(49)83(59)45-17-8-3-9-18-45)35-52(58)63-81-61(38-13-4-1-5-14-38)80-62(82-63)39-15-6-2-7-16-39/h1-37H. The molecule has 0 saturated heterocycles. The fourth-order valence-corrected chi connectivity index (χ4v) is 11.2. The molecule has 0 amide bonds. The summed E-state index contributed by atoms with van der Waals surface area (Å²) in [5.41, 5.74) is -1.18. The molecule has 0 bridgehead atoms. The second-order valence-corrected chi connectivity index (χ2v) is 20.0. The number of rotatable bonds is 8. The summed E-state index contributed by atoms with van der Waals surface area (Å²) >= 11 is 0. The predicted octanol–water partition coefficient (Wildman–Crippen LogP) is 20.1. The van der Waals surface area contributed by atoms with Gasteiger partial charge < -0.3 is 9.13 Å². The molecule has 0 N–H and O–H groups in total. The minimum absolute atomic E-state index is 0.0139. The molecule has 0 spiro atoms. The number of para-hydroxylation sites is 2. The van der Waals surface area contributed by atoms with Crippen LogP contribution in [0.5, 0.6) is 0 Å². The summed E-state index contributed by atoms with van der Waals surface area (Å²) in [5.74, 6) is 0.726. The maximum Gasteiger partial charge on any atom is 0.417 e. The fourth-order valence-electron chi connectivity index (χ4n) is 11.2. The molecular weight excluding hydrogens is 1100 g/mol. The summed E-state index contributed by atoms with van der Waals surface area (Å²) in [6.45, 7) is 0. The summed E-state index contributed by atoms with van der Waals surface area (Å²) in [4.78, 5) is 15.2. The molecule has 414 valence electrons. The van der Waals surface area contributed by atoms with E-state index < -0.39 is 58.1 Å².